The van der Waals surface area contributed by atoms with Crippen molar-refractivity contribution >= 4 is 5.69 Å². The van der Waals surface area contributed by atoms with E-state index in [-0.39, 0.29) is 6.42 Å². The SMILES string of the molecule is Cc1cc(CNCCCCC(F)(F)F)ccc1N. The van der Waals surface area contributed by atoms with Gasteiger partial charge in [-0.25, -0.2) is 0 Å². The molecular weight excluding hydrogens is 241 g/mol. The molecule has 0 atom stereocenters. The van der Waals surface area contributed by atoms with Gasteiger partial charge in [0, 0.05) is 18.7 Å². The van der Waals surface area contributed by atoms with Crippen LogP contribution in [0.3, 0.4) is 0 Å². The minimum absolute atomic E-state index is 0.178. The smallest absolute Gasteiger partial charge is 0.389 e. The largest absolute Gasteiger partial charge is 0.399 e. The van der Waals surface area contributed by atoms with Gasteiger partial charge < -0.3 is 11.1 Å². The Morgan fingerprint density at radius 1 is 1.22 bits per heavy atom. The van der Waals surface area contributed by atoms with Gasteiger partial charge in [0.05, 0.1) is 0 Å². The average Bonchev–Trinajstić information content (AvgIpc) is 2.26. The number of hydrogen-bond acceptors (Lipinski definition) is 2. The van der Waals surface area contributed by atoms with E-state index in [2.05, 4.69) is 5.32 Å². The number of halogens is 3. The molecule has 0 bridgehead atoms. The second kappa shape index (κ2) is 6.64. The van der Waals surface area contributed by atoms with Gasteiger partial charge in [0.15, 0.2) is 0 Å². The number of unbranched alkanes of at least 4 members (excludes halogenated alkanes) is 1. The molecule has 1 aromatic rings. The van der Waals surface area contributed by atoms with Crippen molar-refractivity contribution in [3.63, 3.8) is 0 Å². The molecule has 0 saturated heterocycles. The van der Waals surface area contributed by atoms with Gasteiger partial charge in [-0.3, -0.25) is 0 Å². The molecule has 0 aliphatic carbocycles. The van der Waals surface area contributed by atoms with E-state index in [1.54, 1.807) is 0 Å². The summed E-state index contributed by atoms with van der Waals surface area (Å²) in [5, 5.41) is 3.13. The molecule has 1 rings (SSSR count). The number of benzene rings is 1. The first kappa shape index (κ1) is 14.8. The van der Waals surface area contributed by atoms with Crippen molar-refractivity contribution in [3.8, 4) is 0 Å². The first-order valence-electron chi connectivity index (χ1n) is 6.01. The maximum absolute atomic E-state index is 11.9. The summed E-state index contributed by atoms with van der Waals surface area (Å²) in [6, 6.07) is 5.75. The highest BCUT2D eigenvalue weighted by Gasteiger charge is 2.25. The predicted molar refractivity (Wildman–Crippen MR) is 67.2 cm³/mol. The van der Waals surface area contributed by atoms with Crippen LogP contribution in [0.5, 0.6) is 0 Å². The standard InChI is InChI=1S/C13H19F3N2/c1-10-8-11(4-5-12(10)17)9-18-7-3-2-6-13(14,15)16/h4-5,8,18H,2-3,6-7,9,17H2,1H3. The Morgan fingerprint density at radius 3 is 2.56 bits per heavy atom. The number of nitrogens with two attached hydrogens (primary N) is 1. The molecule has 0 unspecified atom stereocenters. The summed E-state index contributed by atoms with van der Waals surface area (Å²) < 4.78 is 35.6. The molecular formula is C13H19F3N2. The Balaban J connectivity index is 2.16. The van der Waals surface area contributed by atoms with Gasteiger partial charge >= 0.3 is 6.18 Å². The number of rotatable bonds is 6. The summed E-state index contributed by atoms with van der Waals surface area (Å²) in [5.41, 5.74) is 8.57. The van der Waals surface area contributed by atoms with Crippen molar-refractivity contribution in [2.24, 2.45) is 0 Å². The third kappa shape index (κ3) is 5.91. The van der Waals surface area contributed by atoms with Gasteiger partial charge in [-0.15, -0.1) is 0 Å². The van der Waals surface area contributed by atoms with Crippen LogP contribution in [-0.4, -0.2) is 12.7 Å². The molecule has 1 aromatic carbocycles. The van der Waals surface area contributed by atoms with Gasteiger partial charge in [0.25, 0.3) is 0 Å². The molecule has 0 radical (unpaired) electrons. The van der Waals surface area contributed by atoms with Crippen LogP contribution in [0.15, 0.2) is 18.2 Å². The van der Waals surface area contributed by atoms with Gasteiger partial charge in [-0.1, -0.05) is 12.1 Å². The summed E-state index contributed by atoms with van der Waals surface area (Å²) in [7, 11) is 0. The van der Waals surface area contributed by atoms with Crippen LogP contribution in [-0.2, 0) is 6.54 Å². The summed E-state index contributed by atoms with van der Waals surface area (Å²) >= 11 is 0. The van der Waals surface area contributed by atoms with E-state index in [1.807, 2.05) is 25.1 Å². The molecule has 0 heterocycles. The van der Waals surface area contributed by atoms with Gasteiger partial charge in [0.1, 0.15) is 0 Å². The predicted octanol–water partition coefficient (Wildman–Crippen LogP) is 3.40. The van der Waals surface area contributed by atoms with E-state index in [0.29, 0.717) is 19.5 Å². The fourth-order valence-electron chi connectivity index (χ4n) is 1.66. The molecule has 0 amide bonds. The van der Waals surface area contributed by atoms with Crippen molar-refractivity contribution in [1.82, 2.24) is 5.32 Å². The Hall–Kier alpha value is -1.23. The lowest BCUT2D eigenvalue weighted by atomic mass is 10.1. The maximum Gasteiger partial charge on any atom is 0.389 e. The molecule has 5 heteroatoms. The molecule has 0 saturated carbocycles. The third-order valence-corrected chi connectivity index (χ3v) is 2.73. The Morgan fingerprint density at radius 2 is 1.94 bits per heavy atom. The fourth-order valence-corrected chi connectivity index (χ4v) is 1.66. The number of hydrogen-bond donors (Lipinski definition) is 2. The molecule has 0 fully saturated rings. The Kier molecular flexibility index (Phi) is 5.47. The third-order valence-electron chi connectivity index (χ3n) is 2.73. The van der Waals surface area contributed by atoms with Crippen molar-refractivity contribution < 1.29 is 13.2 Å². The van der Waals surface area contributed by atoms with Gasteiger partial charge in [-0.05, 0) is 43.5 Å². The fraction of sp³-hybridized carbons (Fsp3) is 0.538. The molecule has 0 spiro atoms. The normalized spacial score (nSPS) is 11.8. The molecule has 3 N–H and O–H groups in total. The van der Waals surface area contributed by atoms with Crippen LogP contribution in [0.1, 0.15) is 30.4 Å². The Labute approximate surface area is 105 Å². The summed E-state index contributed by atoms with van der Waals surface area (Å²) in [6.45, 7) is 3.19. The first-order valence-corrected chi connectivity index (χ1v) is 6.01. The van der Waals surface area contributed by atoms with E-state index in [0.717, 1.165) is 16.8 Å². The van der Waals surface area contributed by atoms with Crippen molar-refractivity contribution in [3.05, 3.63) is 29.3 Å². The maximum atomic E-state index is 11.9. The number of aryl methyl sites for hydroxylation is 1. The van der Waals surface area contributed by atoms with Crippen LogP contribution in [0, 0.1) is 6.92 Å². The summed E-state index contributed by atoms with van der Waals surface area (Å²) in [4.78, 5) is 0. The van der Waals surface area contributed by atoms with Crippen molar-refractivity contribution in [2.45, 2.75) is 38.9 Å². The minimum atomic E-state index is -4.03. The quantitative estimate of drug-likeness (QED) is 0.607. The number of nitrogens with one attached hydrogen (secondary N) is 1. The number of nitrogen functional groups attached to an aromatic ring is 1. The van der Waals surface area contributed by atoms with Crippen LogP contribution < -0.4 is 11.1 Å². The van der Waals surface area contributed by atoms with E-state index in [9.17, 15) is 13.2 Å². The molecule has 0 aromatic heterocycles. The van der Waals surface area contributed by atoms with Crippen molar-refractivity contribution in [2.75, 3.05) is 12.3 Å². The van der Waals surface area contributed by atoms with E-state index in [4.69, 9.17) is 5.73 Å². The number of alkyl halides is 3. The zero-order valence-corrected chi connectivity index (χ0v) is 10.5. The molecule has 2 nitrogen and oxygen atoms in total. The highest BCUT2D eigenvalue weighted by atomic mass is 19.4. The molecule has 0 aliphatic heterocycles. The van der Waals surface area contributed by atoms with Crippen LogP contribution in [0.2, 0.25) is 0 Å². The van der Waals surface area contributed by atoms with E-state index < -0.39 is 12.6 Å². The topological polar surface area (TPSA) is 38.0 Å². The second-order valence-electron chi connectivity index (χ2n) is 4.44. The van der Waals surface area contributed by atoms with Crippen LogP contribution >= 0.6 is 0 Å². The van der Waals surface area contributed by atoms with Crippen molar-refractivity contribution in [1.29, 1.82) is 0 Å². The van der Waals surface area contributed by atoms with Gasteiger partial charge in [0.2, 0.25) is 0 Å². The number of anilines is 1. The minimum Gasteiger partial charge on any atom is -0.399 e. The zero-order chi connectivity index (χ0) is 13.6. The lowest BCUT2D eigenvalue weighted by Gasteiger charge is -2.08. The van der Waals surface area contributed by atoms with Crippen LogP contribution in [0.25, 0.3) is 0 Å². The van der Waals surface area contributed by atoms with Gasteiger partial charge in [-0.2, -0.15) is 13.2 Å². The highest BCUT2D eigenvalue weighted by molar-refractivity contribution is 5.47. The molecule has 0 aliphatic rings. The van der Waals surface area contributed by atoms with E-state index >= 15 is 0 Å². The zero-order valence-electron chi connectivity index (χ0n) is 10.5. The van der Waals surface area contributed by atoms with Crippen LogP contribution in [0.4, 0.5) is 18.9 Å². The lowest BCUT2D eigenvalue weighted by Crippen LogP contribution is -2.16. The molecule has 18 heavy (non-hydrogen) atoms. The Bertz CT molecular complexity index is 375. The first-order chi connectivity index (χ1) is 8.38. The lowest BCUT2D eigenvalue weighted by molar-refractivity contribution is -0.135. The molecule has 102 valence electrons. The average molecular weight is 260 g/mol. The summed E-state index contributed by atoms with van der Waals surface area (Å²) in [5.74, 6) is 0. The second-order valence-corrected chi connectivity index (χ2v) is 4.44. The van der Waals surface area contributed by atoms with E-state index in [1.165, 1.54) is 0 Å². The highest BCUT2D eigenvalue weighted by Crippen LogP contribution is 2.21. The monoisotopic (exact) mass is 260 g/mol. The summed E-state index contributed by atoms with van der Waals surface area (Å²) in [6.07, 6.45) is -4.02.